The monoisotopic (exact) mass is 293 g/mol. The first kappa shape index (κ1) is 16.6. The standard InChI is InChI=1S/C13H19N5O3/c1-16(2)7-4-8-17(13(14)19)15-10-11-5-3-6-12(9-11)18(20)21/h3,5-6,9-10H,4,7-8H2,1-2H3,(H2,14,19)/b15-10-. The molecule has 0 saturated carbocycles. The Balaban J connectivity index is 2.71. The van der Waals surface area contributed by atoms with Crippen LogP contribution in [0.2, 0.25) is 0 Å². The molecule has 0 radical (unpaired) electrons. The fourth-order valence-corrected chi connectivity index (χ4v) is 1.62. The second-order valence-corrected chi connectivity index (χ2v) is 4.71. The van der Waals surface area contributed by atoms with Crippen molar-refractivity contribution < 1.29 is 9.72 Å². The van der Waals surface area contributed by atoms with E-state index < -0.39 is 11.0 Å². The second-order valence-electron chi connectivity index (χ2n) is 4.71. The fourth-order valence-electron chi connectivity index (χ4n) is 1.62. The molecule has 0 unspecified atom stereocenters. The van der Waals surface area contributed by atoms with Gasteiger partial charge in [0, 0.05) is 24.2 Å². The zero-order valence-electron chi connectivity index (χ0n) is 12.1. The smallest absolute Gasteiger partial charge is 0.335 e. The second kappa shape index (κ2) is 7.95. The number of carbonyl (C=O) groups is 1. The molecular formula is C13H19N5O3. The van der Waals surface area contributed by atoms with Gasteiger partial charge >= 0.3 is 6.03 Å². The lowest BCUT2D eigenvalue weighted by Crippen LogP contribution is -2.33. The summed E-state index contributed by atoms with van der Waals surface area (Å²) in [6.07, 6.45) is 2.11. The lowest BCUT2D eigenvalue weighted by atomic mass is 10.2. The minimum absolute atomic E-state index is 0.0304. The van der Waals surface area contributed by atoms with Gasteiger partial charge in [0.1, 0.15) is 0 Å². The lowest BCUT2D eigenvalue weighted by molar-refractivity contribution is -0.384. The van der Waals surface area contributed by atoms with Gasteiger partial charge in [-0.25, -0.2) is 9.80 Å². The summed E-state index contributed by atoms with van der Waals surface area (Å²) in [5, 5.41) is 15.8. The molecule has 0 saturated heterocycles. The summed E-state index contributed by atoms with van der Waals surface area (Å²) in [6.45, 7) is 1.19. The number of nitro benzene ring substituents is 1. The summed E-state index contributed by atoms with van der Waals surface area (Å²) < 4.78 is 0. The number of hydrogen-bond acceptors (Lipinski definition) is 5. The van der Waals surface area contributed by atoms with Gasteiger partial charge in [-0.2, -0.15) is 5.10 Å². The van der Waals surface area contributed by atoms with Crippen LogP contribution in [0, 0.1) is 10.1 Å². The van der Waals surface area contributed by atoms with E-state index in [0.29, 0.717) is 12.1 Å². The Kier molecular flexibility index (Phi) is 6.28. The van der Waals surface area contributed by atoms with Crippen molar-refractivity contribution in [3.05, 3.63) is 39.9 Å². The van der Waals surface area contributed by atoms with E-state index >= 15 is 0 Å². The number of non-ortho nitro benzene ring substituents is 1. The molecule has 1 rings (SSSR count). The average Bonchev–Trinajstić information content (AvgIpc) is 2.42. The Labute approximate surface area is 123 Å². The zero-order valence-corrected chi connectivity index (χ0v) is 12.1. The van der Waals surface area contributed by atoms with Crippen LogP contribution in [0.4, 0.5) is 10.5 Å². The number of urea groups is 1. The molecule has 0 aromatic heterocycles. The number of nitrogens with two attached hydrogens (primary N) is 1. The molecule has 0 aliphatic rings. The summed E-state index contributed by atoms with van der Waals surface area (Å²) in [7, 11) is 3.86. The van der Waals surface area contributed by atoms with Crippen LogP contribution in [-0.2, 0) is 0 Å². The zero-order chi connectivity index (χ0) is 15.8. The molecule has 0 aliphatic heterocycles. The number of hydrogen-bond donors (Lipinski definition) is 1. The number of amides is 2. The maximum absolute atomic E-state index is 11.3. The van der Waals surface area contributed by atoms with Gasteiger partial charge < -0.3 is 10.6 Å². The van der Waals surface area contributed by atoms with Crippen LogP contribution in [-0.4, -0.2) is 54.3 Å². The van der Waals surface area contributed by atoms with E-state index in [2.05, 4.69) is 5.10 Å². The summed E-state index contributed by atoms with van der Waals surface area (Å²) in [6, 6.07) is 5.33. The van der Waals surface area contributed by atoms with Crippen molar-refractivity contribution in [1.82, 2.24) is 9.91 Å². The highest BCUT2D eigenvalue weighted by atomic mass is 16.6. The van der Waals surface area contributed by atoms with Crippen LogP contribution in [0.1, 0.15) is 12.0 Å². The molecule has 0 aliphatic carbocycles. The van der Waals surface area contributed by atoms with Gasteiger partial charge in [0.2, 0.25) is 0 Å². The quantitative estimate of drug-likeness (QED) is 0.464. The Morgan fingerprint density at radius 2 is 2.14 bits per heavy atom. The molecule has 114 valence electrons. The first-order valence-electron chi connectivity index (χ1n) is 6.40. The van der Waals surface area contributed by atoms with E-state index in [4.69, 9.17) is 5.73 Å². The molecule has 2 N–H and O–H groups in total. The van der Waals surface area contributed by atoms with Gasteiger partial charge in [0.15, 0.2) is 0 Å². The van der Waals surface area contributed by atoms with E-state index in [1.54, 1.807) is 12.1 Å². The molecule has 0 bridgehead atoms. The summed E-state index contributed by atoms with van der Waals surface area (Å²) in [5.74, 6) is 0. The Morgan fingerprint density at radius 1 is 1.43 bits per heavy atom. The minimum Gasteiger partial charge on any atom is -0.350 e. The van der Waals surface area contributed by atoms with Crippen molar-refractivity contribution in [2.75, 3.05) is 27.2 Å². The number of nitrogens with zero attached hydrogens (tertiary/aromatic N) is 4. The van der Waals surface area contributed by atoms with Crippen LogP contribution in [0.3, 0.4) is 0 Å². The van der Waals surface area contributed by atoms with E-state index in [1.165, 1.54) is 18.3 Å². The highest BCUT2D eigenvalue weighted by Gasteiger charge is 2.08. The SMILES string of the molecule is CN(C)CCCN(/N=C\c1cccc([N+](=O)[O-])c1)C(N)=O. The number of hydrazone groups is 1. The normalized spacial score (nSPS) is 11.0. The first-order chi connectivity index (χ1) is 9.90. The molecule has 0 atom stereocenters. The Bertz CT molecular complexity index is 530. The van der Waals surface area contributed by atoms with Crippen molar-refractivity contribution in [2.45, 2.75) is 6.42 Å². The van der Waals surface area contributed by atoms with Crippen LogP contribution >= 0.6 is 0 Å². The molecule has 8 heteroatoms. The topological polar surface area (TPSA) is 105 Å². The summed E-state index contributed by atoms with van der Waals surface area (Å²) in [5.41, 5.74) is 5.75. The lowest BCUT2D eigenvalue weighted by Gasteiger charge is -2.15. The number of carbonyl (C=O) groups excluding carboxylic acids is 1. The minimum atomic E-state index is -0.657. The predicted molar refractivity (Wildman–Crippen MR) is 80.2 cm³/mol. The molecular weight excluding hydrogens is 274 g/mol. The van der Waals surface area contributed by atoms with Crippen molar-refractivity contribution in [1.29, 1.82) is 0 Å². The highest BCUT2D eigenvalue weighted by molar-refractivity contribution is 5.82. The molecule has 0 fully saturated rings. The van der Waals surface area contributed by atoms with Crippen molar-refractivity contribution in [3.8, 4) is 0 Å². The Morgan fingerprint density at radius 3 is 2.71 bits per heavy atom. The molecule has 2 amide bonds. The van der Waals surface area contributed by atoms with Gasteiger partial charge in [-0.3, -0.25) is 10.1 Å². The third kappa shape index (κ3) is 6.00. The molecule has 1 aromatic rings. The van der Waals surface area contributed by atoms with Gasteiger partial charge in [0.05, 0.1) is 11.1 Å². The van der Waals surface area contributed by atoms with Gasteiger partial charge in [0.25, 0.3) is 5.69 Å². The molecule has 0 heterocycles. The van der Waals surface area contributed by atoms with Gasteiger partial charge in [-0.1, -0.05) is 12.1 Å². The summed E-state index contributed by atoms with van der Waals surface area (Å²) >= 11 is 0. The van der Waals surface area contributed by atoms with E-state index in [9.17, 15) is 14.9 Å². The third-order valence-electron chi connectivity index (χ3n) is 2.66. The van der Waals surface area contributed by atoms with Crippen LogP contribution in [0.15, 0.2) is 29.4 Å². The number of primary amides is 1. The number of nitro groups is 1. The van der Waals surface area contributed by atoms with Crippen LogP contribution in [0.25, 0.3) is 0 Å². The van der Waals surface area contributed by atoms with Crippen LogP contribution in [0.5, 0.6) is 0 Å². The maximum Gasteiger partial charge on any atom is 0.335 e. The third-order valence-corrected chi connectivity index (χ3v) is 2.66. The van der Waals surface area contributed by atoms with E-state index in [0.717, 1.165) is 18.0 Å². The average molecular weight is 293 g/mol. The number of benzene rings is 1. The van der Waals surface area contributed by atoms with Crippen molar-refractivity contribution >= 4 is 17.9 Å². The van der Waals surface area contributed by atoms with Crippen LogP contribution < -0.4 is 5.73 Å². The van der Waals surface area contributed by atoms with Gasteiger partial charge in [-0.05, 0) is 27.1 Å². The largest absolute Gasteiger partial charge is 0.350 e. The molecule has 8 nitrogen and oxygen atoms in total. The van der Waals surface area contributed by atoms with E-state index in [1.807, 2.05) is 19.0 Å². The fraction of sp³-hybridized carbons (Fsp3) is 0.385. The van der Waals surface area contributed by atoms with Crippen molar-refractivity contribution in [3.63, 3.8) is 0 Å². The van der Waals surface area contributed by atoms with Crippen molar-refractivity contribution in [2.24, 2.45) is 10.8 Å². The molecule has 0 spiro atoms. The first-order valence-corrected chi connectivity index (χ1v) is 6.40. The maximum atomic E-state index is 11.3. The van der Waals surface area contributed by atoms with E-state index in [-0.39, 0.29) is 5.69 Å². The van der Waals surface area contributed by atoms with Gasteiger partial charge in [-0.15, -0.1) is 0 Å². The Hall–Kier alpha value is -2.48. The summed E-state index contributed by atoms with van der Waals surface area (Å²) in [4.78, 5) is 23.5. The molecule has 1 aromatic carbocycles. The predicted octanol–water partition coefficient (Wildman–Crippen LogP) is 1.26. The molecule has 21 heavy (non-hydrogen) atoms. The highest BCUT2D eigenvalue weighted by Crippen LogP contribution is 2.11. The number of rotatable bonds is 7.